The fourth-order valence-corrected chi connectivity index (χ4v) is 4.38. The Morgan fingerprint density at radius 1 is 0.919 bits per heavy atom. The summed E-state index contributed by atoms with van der Waals surface area (Å²) < 4.78 is 0. The van der Waals surface area contributed by atoms with Crippen LogP contribution in [0.3, 0.4) is 0 Å². The maximum absolute atomic E-state index is 12.4. The van der Waals surface area contributed by atoms with E-state index in [1.165, 1.54) is 20.2 Å². The minimum Gasteiger partial charge on any atom is -0.277 e. The van der Waals surface area contributed by atoms with Gasteiger partial charge in [-0.1, -0.05) is 56.2 Å². The van der Waals surface area contributed by atoms with Gasteiger partial charge in [-0.2, -0.15) is 0 Å². The average Bonchev–Trinajstić information content (AvgIpc) is 2.89. The molecule has 0 aromatic heterocycles. The van der Waals surface area contributed by atoms with Gasteiger partial charge in [-0.15, -0.1) is 12.5 Å². The monoisotopic (exact) mass is 508 g/mol. The second kappa shape index (κ2) is 11.6. The van der Waals surface area contributed by atoms with Crippen molar-refractivity contribution in [3.63, 3.8) is 0 Å². The van der Waals surface area contributed by atoms with Crippen LogP contribution in [0.2, 0.25) is 0 Å². The number of benzene rings is 1. The van der Waals surface area contributed by atoms with Crippen LogP contribution in [0.1, 0.15) is 45.6 Å². The fraction of sp³-hybridized carbons (Fsp3) is 0.407. The van der Waals surface area contributed by atoms with E-state index in [4.69, 9.17) is 0 Å². The van der Waals surface area contributed by atoms with Crippen LogP contribution in [0.4, 0.5) is 9.59 Å². The molecule has 2 aliphatic heterocycles. The molecule has 2 saturated heterocycles. The highest BCUT2D eigenvalue weighted by atomic mass is 16.2. The van der Waals surface area contributed by atoms with Crippen molar-refractivity contribution in [3.05, 3.63) is 48.6 Å². The molecule has 0 bridgehead atoms. The number of barbiturate groups is 2. The van der Waals surface area contributed by atoms with Crippen molar-refractivity contribution >= 4 is 35.7 Å². The summed E-state index contributed by atoms with van der Waals surface area (Å²) >= 11 is 0. The smallest absolute Gasteiger partial charge is 0.277 e. The van der Waals surface area contributed by atoms with Crippen molar-refractivity contribution in [3.8, 4) is 11.8 Å². The Morgan fingerprint density at radius 2 is 1.46 bits per heavy atom. The zero-order valence-corrected chi connectivity index (χ0v) is 21.7. The number of rotatable bonds is 5. The summed E-state index contributed by atoms with van der Waals surface area (Å²) in [5, 5.41) is 4.43. The summed E-state index contributed by atoms with van der Waals surface area (Å²) in [7, 11) is 2.72. The quantitative estimate of drug-likeness (QED) is 0.356. The minimum absolute atomic E-state index is 0.148. The Labute approximate surface area is 216 Å². The van der Waals surface area contributed by atoms with Gasteiger partial charge in [0.2, 0.25) is 17.7 Å². The maximum Gasteiger partial charge on any atom is 0.330 e. The number of carbonyl (C=O) groups excluding carboxylic acids is 6. The van der Waals surface area contributed by atoms with E-state index in [-0.39, 0.29) is 6.42 Å². The number of nitrogens with one attached hydrogen (secondary N) is 2. The second-order valence-corrected chi connectivity index (χ2v) is 8.73. The molecule has 2 N–H and O–H groups in total. The van der Waals surface area contributed by atoms with E-state index < -0.39 is 52.4 Å². The van der Waals surface area contributed by atoms with Crippen LogP contribution < -0.4 is 10.6 Å². The number of hydrogen-bond acceptors (Lipinski definition) is 6. The Morgan fingerprint density at radius 3 is 1.97 bits per heavy atom. The maximum atomic E-state index is 12.4. The lowest BCUT2D eigenvalue weighted by molar-refractivity contribution is -0.153. The molecule has 8 amide bonds. The number of hydrogen-bond donors (Lipinski definition) is 2. The van der Waals surface area contributed by atoms with Crippen LogP contribution in [-0.4, -0.2) is 59.6 Å². The predicted octanol–water partition coefficient (Wildman–Crippen LogP) is 2.35. The van der Waals surface area contributed by atoms with Gasteiger partial charge in [0, 0.05) is 26.4 Å². The summed E-state index contributed by atoms with van der Waals surface area (Å²) in [5.41, 5.74) is -2.06. The van der Waals surface area contributed by atoms with Crippen molar-refractivity contribution in [1.82, 2.24) is 20.4 Å². The highest BCUT2D eigenvalue weighted by molar-refractivity contribution is 6.22. The molecule has 0 spiro atoms. The number of likely N-dealkylation sites (N-methyl/N-ethyl adjacent to an activating group) is 1. The van der Waals surface area contributed by atoms with E-state index in [2.05, 4.69) is 29.1 Å². The number of allylic oxidation sites excluding steroid dienone is 1. The molecular weight excluding hydrogens is 476 g/mol. The lowest BCUT2D eigenvalue weighted by atomic mass is 9.71. The Balaban J connectivity index is 0.000000260. The highest BCUT2D eigenvalue weighted by Crippen LogP contribution is 2.37. The van der Waals surface area contributed by atoms with E-state index in [0.29, 0.717) is 18.4 Å². The van der Waals surface area contributed by atoms with Gasteiger partial charge in [-0.05, 0) is 25.3 Å². The lowest BCUT2D eigenvalue weighted by Crippen LogP contribution is -2.64. The van der Waals surface area contributed by atoms with Crippen LogP contribution in [-0.2, 0) is 24.6 Å². The molecule has 1 aromatic carbocycles. The van der Waals surface area contributed by atoms with Crippen molar-refractivity contribution in [1.29, 1.82) is 0 Å². The van der Waals surface area contributed by atoms with Gasteiger partial charge in [0.05, 0.1) is 0 Å². The second-order valence-electron chi connectivity index (χ2n) is 8.73. The van der Waals surface area contributed by atoms with Gasteiger partial charge in [-0.25, -0.2) is 9.59 Å². The summed E-state index contributed by atoms with van der Waals surface area (Å²) in [4.78, 5) is 73.8. The molecule has 2 heterocycles. The number of imide groups is 4. The molecule has 3 rings (SSSR count). The molecule has 3 atom stereocenters. The first-order valence-corrected chi connectivity index (χ1v) is 11.9. The van der Waals surface area contributed by atoms with Crippen molar-refractivity contribution in [2.75, 3.05) is 14.1 Å². The van der Waals surface area contributed by atoms with Gasteiger partial charge in [-0.3, -0.25) is 39.6 Å². The van der Waals surface area contributed by atoms with E-state index in [9.17, 15) is 28.8 Å². The molecule has 0 radical (unpaired) electrons. The van der Waals surface area contributed by atoms with E-state index >= 15 is 0 Å². The SMILES string of the molecule is C=CCC1(C(C)C#CCC)C(=O)NC(=O)N(C)C1=O.CCC1(c2ccccc2)C(=O)NC(=O)N(C)C1=O. The zero-order chi connectivity index (χ0) is 28.0. The normalized spacial score (nSPS) is 24.2. The third-order valence-corrected chi connectivity index (χ3v) is 6.70. The highest BCUT2D eigenvalue weighted by Gasteiger charge is 2.55. The molecular formula is C27H32N4O6. The summed E-state index contributed by atoms with van der Waals surface area (Å²) in [6.45, 7) is 8.95. The van der Waals surface area contributed by atoms with Gasteiger partial charge in [0.25, 0.3) is 5.91 Å². The van der Waals surface area contributed by atoms with Gasteiger partial charge >= 0.3 is 12.1 Å². The van der Waals surface area contributed by atoms with Gasteiger partial charge < -0.3 is 0 Å². The summed E-state index contributed by atoms with van der Waals surface area (Å²) in [5.74, 6) is 3.13. The Bertz CT molecular complexity index is 1180. The molecule has 2 fully saturated rings. The molecule has 0 aliphatic carbocycles. The van der Waals surface area contributed by atoms with E-state index in [0.717, 1.165) is 9.80 Å². The van der Waals surface area contributed by atoms with E-state index in [1.807, 2.05) is 13.0 Å². The number of urea groups is 2. The number of nitrogens with zero attached hydrogens (tertiary/aromatic N) is 2. The number of carbonyl (C=O) groups is 6. The predicted molar refractivity (Wildman–Crippen MR) is 136 cm³/mol. The Kier molecular flexibility index (Phi) is 9.12. The first-order valence-electron chi connectivity index (χ1n) is 11.9. The van der Waals surface area contributed by atoms with Crippen molar-refractivity contribution in [2.45, 2.75) is 45.4 Å². The molecule has 1 aromatic rings. The summed E-state index contributed by atoms with van der Waals surface area (Å²) in [6, 6.07) is 7.42. The molecule has 10 heteroatoms. The number of amides is 8. The third-order valence-electron chi connectivity index (χ3n) is 6.70. The molecule has 3 unspecified atom stereocenters. The van der Waals surface area contributed by atoms with Crippen LogP contribution in [0, 0.1) is 23.2 Å². The topological polar surface area (TPSA) is 133 Å². The minimum atomic E-state index is -1.37. The van der Waals surface area contributed by atoms with Crippen LogP contribution in [0.15, 0.2) is 43.0 Å². The van der Waals surface area contributed by atoms with Crippen LogP contribution in [0.5, 0.6) is 0 Å². The van der Waals surface area contributed by atoms with Gasteiger partial charge in [0.1, 0.15) is 5.41 Å². The van der Waals surface area contributed by atoms with Crippen LogP contribution in [0.25, 0.3) is 0 Å². The standard InChI is InChI=1S/C14H18N2O3.C13H14N2O3/c1-5-7-8-10(3)14(9-6-2)11(17)15-13(19)16(4)12(14)18;1-3-13(9-7-5-4-6-8-9)10(16)14-12(18)15(2)11(13)17/h6,10H,2,5,9H2,1,3-4H3,(H,15,17,19);4-8H,3H2,1-2H3,(H,14,16,18). The summed E-state index contributed by atoms with van der Waals surface area (Å²) in [6.07, 6.45) is 2.60. The van der Waals surface area contributed by atoms with Crippen molar-refractivity contribution < 1.29 is 28.8 Å². The van der Waals surface area contributed by atoms with Crippen LogP contribution >= 0.6 is 0 Å². The first kappa shape index (κ1) is 29.0. The molecule has 37 heavy (non-hydrogen) atoms. The third kappa shape index (κ3) is 5.03. The zero-order valence-electron chi connectivity index (χ0n) is 21.7. The van der Waals surface area contributed by atoms with Crippen molar-refractivity contribution in [2.24, 2.45) is 11.3 Å². The molecule has 2 aliphatic rings. The van der Waals surface area contributed by atoms with Gasteiger partial charge in [0.15, 0.2) is 5.41 Å². The Hall–Kier alpha value is -4.26. The lowest BCUT2D eigenvalue weighted by Gasteiger charge is -2.39. The van der Waals surface area contributed by atoms with E-state index in [1.54, 1.807) is 38.1 Å². The molecule has 196 valence electrons. The fourth-order valence-electron chi connectivity index (χ4n) is 4.38. The first-order chi connectivity index (χ1) is 17.4. The largest absolute Gasteiger partial charge is 0.330 e. The molecule has 0 saturated carbocycles. The average molecular weight is 509 g/mol. The molecule has 10 nitrogen and oxygen atoms in total.